The molecule has 1 saturated carbocycles. The van der Waals surface area contributed by atoms with Gasteiger partial charge in [-0.1, -0.05) is 0 Å². The van der Waals surface area contributed by atoms with Crippen LogP contribution in [0.1, 0.15) is 19.3 Å². The third kappa shape index (κ3) is 1.69. The first kappa shape index (κ1) is 9.78. The maximum atomic E-state index is 12.0. The third-order valence-corrected chi connectivity index (χ3v) is 3.57. The van der Waals surface area contributed by atoms with Crippen LogP contribution in [-0.4, -0.2) is 23.0 Å². The first-order chi connectivity index (χ1) is 7.83. The van der Waals surface area contributed by atoms with Crippen LogP contribution >= 0.6 is 0 Å². The minimum Gasteiger partial charge on any atom is -0.323 e. The molecule has 16 heavy (non-hydrogen) atoms. The van der Waals surface area contributed by atoms with Crippen LogP contribution in [0.15, 0.2) is 24.5 Å². The highest BCUT2D eigenvalue weighted by Crippen LogP contribution is 2.35. The van der Waals surface area contributed by atoms with Crippen LogP contribution in [0, 0.1) is 5.92 Å². The van der Waals surface area contributed by atoms with E-state index in [1.807, 2.05) is 12.1 Å². The second-order valence-corrected chi connectivity index (χ2v) is 4.65. The molecule has 4 nitrogen and oxygen atoms in total. The first-order valence-corrected chi connectivity index (χ1v) is 5.80. The molecule has 1 aliphatic carbocycles. The molecule has 1 aromatic rings. The Labute approximate surface area is 94.5 Å². The van der Waals surface area contributed by atoms with Crippen LogP contribution in [-0.2, 0) is 4.79 Å². The third-order valence-electron chi connectivity index (χ3n) is 3.57. The van der Waals surface area contributed by atoms with Crippen molar-refractivity contribution in [1.29, 1.82) is 0 Å². The lowest BCUT2D eigenvalue weighted by Crippen LogP contribution is -2.44. The van der Waals surface area contributed by atoms with E-state index in [0.29, 0.717) is 12.0 Å². The zero-order valence-electron chi connectivity index (χ0n) is 9.02. The second-order valence-electron chi connectivity index (χ2n) is 4.65. The van der Waals surface area contributed by atoms with Gasteiger partial charge in [-0.15, -0.1) is 0 Å². The van der Waals surface area contributed by atoms with Gasteiger partial charge in [-0.25, -0.2) is 0 Å². The van der Waals surface area contributed by atoms with E-state index < -0.39 is 0 Å². The van der Waals surface area contributed by atoms with Gasteiger partial charge in [-0.2, -0.15) is 0 Å². The summed E-state index contributed by atoms with van der Waals surface area (Å²) in [5.41, 5.74) is 0.775. The Balaban J connectivity index is 1.66. The molecule has 1 aliphatic heterocycles. The number of pyridine rings is 1. The number of carbonyl (C=O) groups excluding carboxylic acids is 1. The van der Waals surface area contributed by atoms with Gasteiger partial charge < -0.3 is 10.6 Å². The summed E-state index contributed by atoms with van der Waals surface area (Å²) in [6.07, 6.45) is 6.94. The Morgan fingerprint density at radius 3 is 3.06 bits per heavy atom. The minimum absolute atomic E-state index is 0.000967. The van der Waals surface area contributed by atoms with E-state index in [1.165, 1.54) is 12.8 Å². The highest BCUT2D eigenvalue weighted by molar-refractivity contribution is 5.95. The van der Waals surface area contributed by atoms with E-state index in [9.17, 15) is 4.79 Å². The summed E-state index contributed by atoms with van der Waals surface area (Å²) in [6, 6.07) is 4.25. The Hall–Kier alpha value is -1.42. The van der Waals surface area contributed by atoms with Crippen LogP contribution in [0.2, 0.25) is 0 Å². The van der Waals surface area contributed by atoms with Crippen molar-refractivity contribution in [2.75, 3.05) is 5.32 Å². The lowest BCUT2D eigenvalue weighted by molar-refractivity contribution is -0.119. The predicted molar refractivity (Wildman–Crippen MR) is 60.9 cm³/mol. The predicted octanol–water partition coefficient (Wildman–Crippen LogP) is 1.16. The van der Waals surface area contributed by atoms with Gasteiger partial charge in [0.05, 0.1) is 17.9 Å². The highest BCUT2D eigenvalue weighted by atomic mass is 16.2. The Kier molecular flexibility index (Phi) is 2.36. The van der Waals surface area contributed by atoms with E-state index in [4.69, 9.17) is 0 Å². The molecule has 0 aromatic carbocycles. The number of nitrogens with one attached hydrogen (secondary N) is 2. The molecular weight excluding hydrogens is 202 g/mol. The van der Waals surface area contributed by atoms with Crippen molar-refractivity contribution in [2.24, 2.45) is 5.92 Å². The molecule has 3 rings (SSSR count). The lowest BCUT2D eigenvalue weighted by Gasteiger charge is -2.22. The van der Waals surface area contributed by atoms with E-state index in [2.05, 4.69) is 15.6 Å². The molecule has 84 valence electrons. The van der Waals surface area contributed by atoms with Gasteiger partial charge in [0.15, 0.2) is 0 Å². The summed E-state index contributed by atoms with van der Waals surface area (Å²) in [4.78, 5) is 16.0. The highest BCUT2D eigenvalue weighted by Gasteiger charge is 2.42. The zero-order chi connectivity index (χ0) is 11.0. The average Bonchev–Trinajstić information content (AvgIpc) is 2.92. The number of nitrogens with zero attached hydrogens (tertiary/aromatic N) is 1. The summed E-state index contributed by atoms with van der Waals surface area (Å²) in [5, 5.41) is 6.28. The zero-order valence-corrected chi connectivity index (χ0v) is 9.02. The van der Waals surface area contributed by atoms with E-state index in [-0.39, 0.29) is 11.9 Å². The van der Waals surface area contributed by atoms with E-state index in [1.54, 1.807) is 12.4 Å². The number of piperidine rings is 1. The fraction of sp³-hybridized carbons (Fsp3) is 0.500. The topological polar surface area (TPSA) is 54.0 Å². The van der Waals surface area contributed by atoms with Crippen LogP contribution in [0.25, 0.3) is 0 Å². The van der Waals surface area contributed by atoms with Gasteiger partial charge in [-0.3, -0.25) is 9.78 Å². The van der Waals surface area contributed by atoms with Gasteiger partial charge >= 0.3 is 0 Å². The summed E-state index contributed by atoms with van der Waals surface area (Å²) in [6.45, 7) is 0. The fourth-order valence-electron chi connectivity index (χ4n) is 2.81. The van der Waals surface area contributed by atoms with Crippen molar-refractivity contribution in [3.8, 4) is 0 Å². The lowest BCUT2D eigenvalue weighted by atomic mass is 9.99. The molecule has 0 spiro atoms. The number of amides is 1. The second kappa shape index (κ2) is 3.87. The minimum atomic E-state index is -0.000967. The molecular formula is C12H15N3O. The van der Waals surface area contributed by atoms with Gasteiger partial charge in [0, 0.05) is 12.2 Å². The molecule has 4 heteroatoms. The number of hydrogen-bond donors (Lipinski definition) is 2. The SMILES string of the molecule is O=C(Nc1cccnc1)[C@H]1NC2CCC1C2. The van der Waals surface area contributed by atoms with Crippen molar-refractivity contribution in [2.45, 2.75) is 31.3 Å². The number of rotatable bonds is 2. The summed E-state index contributed by atoms with van der Waals surface area (Å²) in [7, 11) is 0. The molecule has 1 aromatic heterocycles. The molecule has 2 bridgehead atoms. The summed E-state index contributed by atoms with van der Waals surface area (Å²) in [5.74, 6) is 0.613. The number of anilines is 1. The number of aromatic nitrogens is 1. The monoisotopic (exact) mass is 217 g/mol. The largest absolute Gasteiger partial charge is 0.323 e. The van der Waals surface area contributed by atoms with Crippen molar-refractivity contribution >= 4 is 11.6 Å². The smallest absolute Gasteiger partial charge is 0.241 e. The molecule has 0 radical (unpaired) electrons. The summed E-state index contributed by atoms with van der Waals surface area (Å²) < 4.78 is 0. The van der Waals surface area contributed by atoms with Crippen LogP contribution in [0.5, 0.6) is 0 Å². The molecule has 2 heterocycles. The van der Waals surface area contributed by atoms with Crippen LogP contribution in [0.4, 0.5) is 5.69 Å². The maximum Gasteiger partial charge on any atom is 0.241 e. The molecule has 1 saturated heterocycles. The molecule has 2 fully saturated rings. The molecule has 2 aliphatic rings. The van der Waals surface area contributed by atoms with Crippen LogP contribution < -0.4 is 10.6 Å². The normalized spacial score (nSPS) is 31.6. The van der Waals surface area contributed by atoms with Gasteiger partial charge in [0.25, 0.3) is 0 Å². The first-order valence-electron chi connectivity index (χ1n) is 5.80. The summed E-state index contributed by atoms with van der Waals surface area (Å²) >= 11 is 0. The quantitative estimate of drug-likeness (QED) is 0.781. The number of fused-ring (bicyclic) bond motifs is 2. The Morgan fingerprint density at radius 1 is 1.50 bits per heavy atom. The number of carbonyl (C=O) groups is 1. The number of hydrogen-bond acceptors (Lipinski definition) is 3. The van der Waals surface area contributed by atoms with Crippen LogP contribution in [0.3, 0.4) is 0 Å². The Bertz CT molecular complexity index is 393. The fourth-order valence-corrected chi connectivity index (χ4v) is 2.81. The van der Waals surface area contributed by atoms with Crippen molar-refractivity contribution in [3.05, 3.63) is 24.5 Å². The Morgan fingerprint density at radius 2 is 2.44 bits per heavy atom. The van der Waals surface area contributed by atoms with Gasteiger partial charge in [-0.05, 0) is 37.3 Å². The molecule has 2 N–H and O–H groups in total. The van der Waals surface area contributed by atoms with Gasteiger partial charge in [0.2, 0.25) is 5.91 Å². The molecule has 2 unspecified atom stereocenters. The van der Waals surface area contributed by atoms with Gasteiger partial charge in [0.1, 0.15) is 0 Å². The van der Waals surface area contributed by atoms with Crippen molar-refractivity contribution < 1.29 is 4.79 Å². The maximum absolute atomic E-state index is 12.0. The molecule has 3 atom stereocenters. The van der Waals surface area contributed by atoms with Crippen molar-refractivity contribution in [3.63, 3.8) is 0 Å². The van der Waals surface area contributed by atoms with E-state index in [0.717, 1.165) is 12.1 Å². The van der Waals surface area contributed by atoms with E-state index >= 15 is 0 Å². The molecule has 1 amide bonds. The van der Waals surface area contributed by atoms with Crippen molar-refractivity contribution in [1.82, 2.24) is 10.3 Å². The standard InChI is InChI=1S/C12H15N3O/c16-12(15-10-2-1-5-13-7-10)11-8-3-4-9(6-8)14-11/h1-2,5,7-9,11,14H,3-4,6H2,(H,15,16)/t8?,9?,11-/m0/s1. The average molecular weight is 217 g/mol.